The molecule has 1 heterocycles. The maximum absolute atomic E-state index is 12.7. The van der Waals surface area contributed by atoms with Gasteiger partial charge in [0.1, 0.15) is 0 Å². The number of rotatable bonds is 3. The van der Waals surface area contributed by atoms with Gasteiger partial charge in [0.25, 0.3) is 0 Å². The first-order chi connectivity index (χ1) is 10.8. The lowest BCUT2D eigenvalue weighted by Gasteiger charge is -2.25. The number of hydrogen-bond acceptors (Lipinski definition) is 2. The zero-order chi connectivity index (χ0) is 16.8. The summed E-state index contributed by atoms with van der Waals surface area (Å²) >= 11 is 0. The van der Waals surface area contributed by atoms with Crippen molar-refractivity contribution in [2.45, 2.75) is 37.5 Å². The molecule has 3 rings (SSSR count). The second-order valence-corrected chi connectivity index (χ2v) is 6.16. The molecule has 0 aromatic heterocycles. The molecule has 1 aliphatic carbocycles. The Labute approximate surface area is 131 Å². The van der Waals surface area contributed by atoms with Crippen LogP contribution in [0, 0.1) is 5.92 Å². The van der Waals surface area contributed by atoms with Crippen molar-refractivity contribution < 1.29 is 22.8 Å². The van der Waals surface area contributed by atoms with E-state index in [-0.39, 0.29) is 24.3 Å². The number of benzene rings is 1. The molecule has 0 spiro atoms. The van der Waals surface area contributed by atoms with Gasteiger partial charge >= 0.3 is 6.18 Å². The lowest BCUT2D eigenvalue weighted by Crippen LogP contribution is -2.35. The number of carbonyl (C=O) groups is 2. The molecule has 2 aliphatic rings. The van der Waals surface area contributed by atoms with Crippen molar-refractivity contribution in [2.24, 2.45) is 5.92 Å². The second-order valence-electron chi connectivity index (χ2n) is 6.16. The van der Waals surface area contributed by atoms with Crippen LogP contribution in [0.4, 0.5) is 13.2 Å². The van der Waals surface area contributed by atoms with Crippen LogP contribution in [0.15, 0.2) is 24.3 Å². The molecular formula is C16H17F3N2O2. The highest BCUT2D eigenvalue weighted by Gasteiger charge is 2.44. The summed E-state index contributed by atoms with van der Waals surface area (Å²) in [5, 5.41) is 2.87. The topological polar surface area (TPSA) is 49.4 Å². The molecule has 2 fully saturated rings. The van der Waals surface area contributed by atoms with Crippen LogP contribution in [-0.4, -0.2) is 29.8 Å². The Bertz CT molecular complexity index is 623. The number of halogens is 3. The highest BCUT2D eigenvalue weighted by molar-refractivity contribution is 5.90. The van der Waals surface area contributed by atoms with Crippen LogP contribution in [0.1, 0.15) is 36.4 Å². The fourth-order valence-corrected chi connectivity index (χ4v) is 2.97. The van der Waals surface area contributed by atoms with Gasteiger partial charge in [0.05, 0.1) is 17.5 Å². The van der Waals surface area contributed by atoms with Crippen LogP contribution in [0.5, 0.6) is 0 Å². The molecule has 124 valence electrons. The van der Waals surface area contributed by atoms with Gasteiger partial charge in [-0.25, -0.2) is 0 Å². The van der Waals surface area contributed by atoms with E-state index in [1.54, 1.807) is 7.05 Å². The van der Waals surface area contributed by atoms with Gasteiger partial charge in [0.15, 0.2) is 0 Å². The summed E-state index contributed by atoms with van der Waals surface area (Å²) < 4.78 is 38.0. The van der Waals surface area contributed by atoms with Crippen molar-refractivity contribution in [3.05, 3.63) is 35.4 Å². The van der Waals surface area contributed by atoms with Gasteiger partial charge in [-0.15, -0.1) is 0 Å². The number of nitrogens with one attached hydrogen (secondary N) is 1. The van der Waals surface area contributed by atoms with E-state index in [9.17, 15) is 22.8 Å². The molecule has 0 bridgehead atoms. The van der Waals surface area contributed by atoms with Crippen LogP contribution in [0.3, 0.4) is 0 Å². The van der Waals surface area contributed by atoms with E-state index in [1.807, 2.05) is 0 Å². The third-order valence-electron chi connectivity index (χ3n) is 4.43. The summed E-state index contributed by atoms with van der Waals surface area (Å²) in [6.07, 6.45) is -2.44. The third-order valence-corrected chi connectivity index (χ3v) is 4.43. The third kappa shape index (κ3) is 3.18. The smallest absolute Gasteiger partial charge is 0.353 e. The normalized spacial score (nSPS) is 24.9. The monoisotopic (exact) mass is 326 g/mol. The maximum Gasteiger partial charge on any atom is 0.416 e. The summed E-state index contributed by atoms with van der Waals surface area (Å²) in [4.78, 5) is 25.7. The number of hydrogen-bond donors (Lipinski definition) is 1. The van der Waals surface area contributed by atoms with Gasteiger partial charge in [-0.05, 0) is 30.5 Å². The first-order valence-corrected chi connectivity index (χ1v) is 7.50. The minimum absolute atomic E-state index is 0.0841. The van der Waals surface area contributed by atoms with E-state index in [1.165, 1.54) is 17.0 Å². The Morgan fingerprint density at radius 2 is 1.83 bits per heavy atom. The van der Waals surface area contributed by atoms with Gasteiger partial charge in [-0.1, -0.05) is 12.1 Å². The molecule has 1 aromatic carbocycles. The summed E-state index contributed by atoms with van der Waals surface area (Å²) in [6, 6.07) is 4.32. The average molecular weight is 326 g/mol. The molecule has 1 aliphatic heterocycles. The van der Waals surface area contributed by atoms with E-state index in [0.29, 0.717) is 5.56 Å². The summed E-state index contributed by atoms with van der Waals surface area (Å²) in [6.45, 7) is 0. The highest BCUT2D eigenvalue weighted by atomic mass is 19.4. The average Bonchev–Trinajstić information content (AvgIpc) is 3.24. The molecule has 2 amide bonds. The molecule has 0 radical (unpaired) electrons. The van der Waals surface area contributed by atoms with Crippen LogP contribution in [0.2, 0.25) is 0 Å². The predicted octanol–water partition coefficient (Wildman–Crippen LogP) is 2.50. The molecule has 1 saturated carbocycles. The first-order valence-electron chi connectivity index (χ1n) is 7.50. The Hall–Kier alpha value is -2.05. The van der Waals surface area contributed by atoms with Gasteiger partial charge in [0.2, 0.25) is 11.8 Å². The number of amides is 2. The minimum atomic E-state index is -4.40. The quantitative estimate of drug-likeness (QED) is 0.928. The number of likely N-dealkylation sites (tertiary alicyclic amines) is 1. The molecule has 1 aromatic rings. The van der Waals surface area contributed by atoms with Crippen molar-refractivity contribution >= 4 is 11.8 Å². The van der Waals surface area contributed by atoms with Gasteiger partial charge in [0, 0.05) is 19.5 Å². The van der Waals surface area contributed by atoms with E-state index in [4.69, 9.17) is 0 Å². The van der Waals surface area contributed by atoms with Gasteiger partial charge < -0.3 is 10.2 Å². The van der Waals surface area contributed by atoms with Gasteiger partial charge in [-0.3, -0.25) is 9.59 Å². The van der Waals surface area contributed by atoms with E-state index < -0.39 is 23.7 Å². The molecular weight excluding hydrogens is 309 g/mol. The largest absolute Gasteiger partial charge is 0.416 e. The zero-order valence-electron chi connectivity index (χ0n) is 12.6. The Morgan fingerprint density at radius 1 is 1.22 bits per heavy atom. The standard InChI is InChI=1S/C16H17F3N2O2/c1-21-13(22)8-12(15(23)20-11-6-7-11)14(21)9-2-4-10(5-3-9)16(17,18)19/h2-5,11-12,14H,6-8H2,1H3,(H,20,23)/t12-,14-/m0/s1. The van der Waals surface area contributed by atoms with Crippen LogP contribution >= 0.6 is 0 Å². The van der Waals surface area contributed by atoms with Crippen LogP contribution in [-0.2, 0) is 15.8 Å². The predicted molar refractivity (Wildman–Crippen MR) is 76.2 cm³/mol. The lowest BCUT2D eigenvalue weighted by atomic mass is 9.92. The van der Waals surface area contributed by atoms with Gasteiger partial charge in [-0.2, -0.15) is 13.2 Å². The van der Waals surface area contributed by atoms with Crippen LogP contribution in [0.25, 0.3) is 0 Å². The molecule has 1 saturated heterocycles. The molecule has 1 N–H and O–H groups in total. The van der Waals surface area contributed by atoms with Crippen molar-refractivity contribution in [1.29, 1.82) is 0 Å². The zero-order valence-corrected chi connectivity index (χ0v) is 12.6. The Kier molecular flexibility index (Phi) is 3.82. The summed E-state index contributed by atoms with van der Waals surface area (Å²) in [5.41, 5.74) is -0.200. The first kappa shape index (κ1) is 15.8. The second kappa shape index (κ2) is 5.54. The molecule has 2 atom stereocenters. The van der Waals surface area contributed by atoms with Crippen molar-refractivity contribution in [3.63, 3.8) is 0 Å². The number of alkyl halides is 3. The lowest BCUT2D eigenvalue weighted by molar-refractivity contribution is -0.137. The Balaban J connectivity index is 1.84. The fraction of sp³-hybridized carbons (Fsp3) is 0.500. The molecule has 7 heteroatoms. The highest BCUT2D eigenvalue weighted by Crippen LogP contribution is 2.39. The Morgan fingerprint density at radius 3 is 2.35 bits per heavy atom. The SMILES string of the molecule is CN1C(=O)C[C@H](C(=O)NC2CC2)[C@@H]1c1ccc(C(F)(F)F)cc1. The van der Waals surface area contributed by atoms with Crippen LogP contribution < -0.4 is 5.32 Å². The number of nitrogens with zero attached hydrogens (tertiary/aromatic N) is 1. The maximum atomic E-state index is 12.7. The van der Waals surface area contributed by atoms with Crippen molar-refractivity contribution in [1.82, 2.24) is 10.2 Å². The minimum Gasteiger partial charge on any atom is -0.353 e. The van der Waals surface area contributed by atoms with Crippen molar-refractivity contribution in [3.8, 4) is 0 Å². The van der Waals surface area contributed by atoms with E-state index in [0.717, 1.165) is 25.0 Å². The van der Waals surface area contributed by atoms with E-state index in [2.05, 4.69) is 5.32 Å². The van der Waals surface area contributed by atoms with E-state index >= 15 is 0 Å². The molecule has 23 heavy (non-hydrogen) atoms. The number of carbonyl (C=O) groups excluding carboxylic acids is 2. The van der Waals surface area contributed by atoms with Crippen molar-refractivity contribution in [2.75, 3.05) is 7.05 Å². The summed E-state index contributed by atoms with van der Waals surface area (Å²) in [5.74, 6) is -0.939. The fourth-order valence-electron chi connectivity index (χ4n) is 2.97. The summed E-state index contributed by atoms with van der Waals surface area (Å²) in [7, 11) is 1.58. The molecule has 0 unspecified atom stereocenters. The molecule has 4 nitrogen and oxygen atoms in total.